The van der Waals surface area contributed by atoms with Crippen LogP contribution in [-0.2, 0) is 92.2 Å². The van der Waals surface area contributed by atoms with Gasteiger partial charge in [-0.05, 0) is 98.1 Å². The number of imide groups is 1. The second-order valence-corrected chi connectivity index (χ2v) is 33.6. The molecule has 53 heteroatoms. The molecular weight excluding hydrogens is 1750 g/mol. The number of aromatic nitrogens is 4. The van der Waals surface area contributed by atoms with Crippen LogP contribution in [0.25, 0.3) is 0 Å². The first-order valence-corrected chi connectivity index (χ1v) is 40.4. The summed E-state index contributed by atoms with van der Waals surface area (Å²) >= 11 is 19.9. The molecule has 0 fully saturated rings. The summed E-state index contributed by atoms with van der Waals surface area (Å²) < 4.78 is 188. The topological polar surface area (TPSA) is 520 Å². The smallest absolute Gasteiger partial charge is 0.417 e. The van der Waals surface area contributed by atoms with Crippen molar-refractivity contribution in [2.75, 3.05) is 35.6 Å². The summed E-state index contributed by atoms with van der Waals surface area (Å²) in [5.74, 6) is -6.71. The van der Waals surface area contributed by atoms with Gasteiger partial charge in [0.15, 0.2) is 5.92 Å². The number of hydrazine groups is 3. The molecule has 116 heavy (non-hydrogen) atoms. The second-order valence-electron chi connectivity index (χ2n) is 23.1. The van der Waals surface area contributed by atoms with Crippen molar-refractivity contribution in [1.29, 1.82) is 0 Å². The van der Waals surface area contributed by atoms with Crippen LogP contribution in [0.1, 0.15) is 90.7 Å². The van der Waals surface area contributed by atoms with Gasteiger partial charge >= 0.3 is 24.6 Å². The van der Waals surface area contributed by atoms with Crippen molar-refractivity contribution in [2.45, 2.75) is 89.3 Å². The van der Waals surface area contributed by atoms with Crippen LogP contribution in [0.3, 0.4) is 0 Å². The Kier molecular flexibility index (Phi) is 32.9. The molecule has 8 heterocycles. The van der Waals surface area contributed by atoms with Gasteiger partial charge in [-0.25, -0.2) is 55.0 Å². The number of thiophene rings is 3. The summed E-state index contributed by atoms with van der Waals surface area (Å²) in [6.45, 7) is 0.248. The number of hydrogen-bond donors (Lipinski definition) is 16. The first-order valence-electron chi connectivity index (χ1n) is 32.4. The molecule has 1 aliphatic heterocycles. The number of amides is 9. The van der Waals surface area contributed by atoms with E-state index >= 15 is 0 Å². The third kappa shape index (κ3) is 28.9. The van der Waals surface area contributed by atoms with Gasteiger partial charge in [0.05, 0.1) is 63.2 Å². The van der Waals surface area contributed by atoms with Crippen LogP contribution >= 0.6 is 68.8 Å². The van der Waals surface area contributed by atoms with Gasteiger partial charge in [0.25, 0.3) is 41.9 Å². The van der Waals surface area contributed by atoms with Crippen LogP contribution in [0.2, 0.25) is 15.1 Å². The summed E-state index contributed by atoms with van der Waals surface area (Å²) in [6, 6.07) is 15.6. The Hall–Kier alpha value is -10.7. The summed E-state index contributed by atoms with van der Waals surface area (Å²) in [4.78, 5) is 120. The number of halogens is 12. The fourth-order valence-electron chi connectivity index (χ4n) is 8.69. The van der Waals surface area contributed by atoms with Gasteiger partial charge < -0.3 is 47.2 Å². The molecule has 1 atom stereocenters. The van der Waals surface area contributed by atoms with Gasteiger partial charge in [-0.1, -0.05) is 34.8 Å². The van der Waals surface area contributed by atoms with E-state index in [9.17, 15) is 118 Å². The average Bonchev–Trinajstić information content (AvgIpc) is 1.74. The van der Waals surface area contributed by atoms with Crippen LogP contribution in [0, 0.1) is 5.92 Å². The Balaban J connectivity index is 0.000000241. The number of nitrogens with one attached hydrogen (secondary N) is 13. The normalized spacial score (nSPS) is 13.0. The number of anilines is 3. The van der Waals surface area contributed by atoms with E-state index in [1.807, 2.05) is 25.2 Å². The second kappa shape index (κ2) is 41.2. The maximum absolute atomic E-state index is 12.7. The minimum absolute atomic E-state index is 0.000654. The van der Waals surface area contributed by atoms with Gasteiger partial charge in [-0.15, -0.1) is 48.5 Å². The molecule has 8 aromatic rings. The number of nitrogens with zero attached hydrogens (tertiary/aromatic N) is 5. The summed E-state index contributed by atoms with van der Waals surface area (Å²) in [7, 11) is -12.3. The predicted molar refractivity (Wildman–Crippen MR) is 400 cm³/mol. The average molecular weight is 1810 g/mol. The van der Waals surface area contributed by atoms with Crippen LogP contribution in [0.15, 0.2) is 127 Å². The lowest BCUT2D eigenvalue weighted by molar-refractivity contribution is -0.138. The number of carbonyl (C=O) groups excluding carboxylic acids is 8. The van der Waals surface area contributed by atoms with Crippen molar-refractivity contribution in [2.24, 2.45) is 10.9 Å². The number of sulfonamides is 3. The molecule has 0 aliphatic carbocycles. The van der Waals surface area contributed by atoms with Crippen LogP contribution in [-0.4, -0.2) is 134 Å². The first kappa shape index (κ1) is 92.5. The molecule has 0 saturated heterocycles. The number of hydrogen-bond acceptors (Lipinski definition) is 27. The number of pyridine rings is 4. The number of alkyl halides is 9. The highest BCUT2D eigenvalue weighted by Crippen LogP contribution is 2.36. The lowest BCUT2D eigenvalue weighted by atomic mass is 10.1. The number of phenols is 2. The van der Waals surface area contributed by atoms with Crippen molar-refractivity contribution >= 4 is 170 Å². The number of aliphatic imine (C=N–C) groups is 1. The van der Waals surface area contributed by atoms with Crippen molar-refractivity contribution in [1.82, 2.24) is 72.0 Å². The molecule has 1 aliphatic rings. The van der Waals surface area contributed by atoms with E-state index in [-0.39, 0.29) is 146 Å². The summed E-state index contributed by atoms with van der Waals surface area (Å²) in [6.07, 6.45) is -9.66. The minimum Gasteiger partial charge on any atom is -0.508 e. The molecule has 0 spiro atoms. The Bertz CT molecular complexity index is 5300. The lowest BCUT2D eigenvalue weighted by Crippen LogP contribution is -2.46. The third-order valence-electron chi connectivity index (χ3n) is 14.4. The van der Waals surface area contributed by atoms with E-state index in [1.165, 1.54) is 60.7 Å². The zero-order chi connectivity index (χ0) is 85.5. The predicted octanol–water partition coefficient (Wildman–Crippen LogP) is 7.98. The van der Waals surface area contributed by atoms with Crippen LogP contribution in [0.5, 0.6) is 17.2 Å². The molecule has 9 rings (SSSR count). The van der Waals surface area contributed by atoms with Crippen molar-refractivity contribution in [3.05, 3.63) is 167 Å². The molecule has 9 amide bonds. The van der Waals surface area contributed by atoms with Gasteiger partial charge in [-0.3, -0.25) is 55.2 Å². The number of benzene rings is 1. The summed E-state index contributed by atoms with van der Waals surface area (Å²) in [5, 5.41) is 45.1. The van der Waals surface area contributed by atoms with E-state index in [2.05, 4.69) is 67.7 Å². The highest BCUT2D eigenvalue weighted by molar-refractivity contribution is 7.92. The van der Waals surface area contributed by atoms with E-state index in [0.29, 0.717) is 33.2 Å². The Morgan fingerprint density at radius 3 is 1.18 bits per heavy atom. The van der Waals surface area contributed by atoms with Gasteiger partial charge in [0, 0.05) is 84.4 Å². The molecule has 624 valence electrons. The number of urea groups is 1. The lowest BCUT2D eigenvalue weighted by Gasteiger charge is -2.14. The maximum atomic E-state index is 12.7. The Labute approximate surface area is 676 Å². The quantitative estimate of drug-likeness (QED) is 0.00802. The largest absolute Gasteiger partial charge is 0.508 e. The van der Waals surface area contributed by atoms with E-state index < -0.39 is 124 Å². The van der Waals surface area contributed by atoms with Crippen LogP contribution < -0.4 is 68.0 Å². The Morgan fingerprint density at radius 2 is 0.836 bits per heavy atom. The first-order chi connectivity index (χ1) is 54.4. The monoisotopic (exact) mass is 1810 g/mol. The molecule has 35 nitrogen and oxygen atoms in total. The maximum Gasteiger partial charge on any atom is 0.417 e. The fourth-order valence-corrected chi connectivity index (χ4v) is 15.9. The van der Waals surface area contributed by atoms with Gasteiger partial charge in [0.2, 0.25) is 29.5 Å². The SMILES string of the molecule is O=C(CCCNc1ncc(C(F)(F)F)cc1Cl)NNS(=O)(=O)c1ccc(CNC(=O)C2C=NC(=O)NC2=O)s1.O=C(CCCNc1ncc(C(F)(F)F)cc1Cl)NNS(=O)(=O)c1ccc(CNC(=O)c2ccc(O)cc2O)s1.O=C(CCCNc1ncc(C(F)(F)F)cc1Cl)NNS(=O)(=O)c1ccc(CNC(=O)c2ccc(O)cn2)s1. The zero-order valence-corrected chi connectivity index (χ0v) is 65.5. The van der Waals surface area contributed by atoms with E-state index in [0.717, 1.165) is 70.7 Å². The molecule has 1 unspecified atom stereocenters. The molecular formula is C63H60Cl3F9N18O17S6. The standard InChI is InChI=1S/C22H21ClF3N5O6S2.C21H20ClF3N6O5S2.C20H19ClF3N7O6S2/c23-16-8-12(22(24,25)26)10-28-20(16)27-7-1-2-18(34)30-31-39(36,37)19-6-4-14(38-19)11-29-21(35)15-5-3-13(32)9-17(15)33;22-15-8-12(21(23,24)25)9-28-19(15)26-7-1-2-17(33)30-31-38(35,36)18-6-4-14(37-18)11-29-20(34)16-5-3-13(32)10-27-16;21-13-6-10(20(22,23)24)7-26-16(13)25-5-1-2-14(32)30-31-39(36,37)15-4-3-11(38-15)8-27-17(33)12-9-28-19(35)29-18(12)34/h3-6,8-10,31-33H,1-2,7,11H2,(H,27,28)(H,29,35)(H,30,34);3-6,8-10,31-32H,1-2,7,11H2,(H,26,28)(H,29,34)(H,30,33);3-4,6-7,9,12,31H,1-2,5,8H2,(H,25,26)(H,27,33)(H,30,32)(H,29,34,35). The number of rotatable bonds is 33. The van der Waals surface area contributed by atoms with E-state index in [1.54, 1.807) is 0 Å². The van der Waals surface area contributed by atoms with Crippen molar-refractivity contribution in [3.8, 4) is 17.2 Å². The van der Waals surface area contributed by atoms with Crippen molar-refractivity contribution < 1.29 is 118 Å². The Morgan fingerprint density at radius 1 is 0.466 bits per heavy atom. The molecule has 0 saturated carbocycles. The van der Waals surface area contributed by atoms with Gasteiger partial charge in [-0.2, -0.15) is 39.5 Å². The number of phenolic OH excluding ortho intramolecular Hbond substituents is 2. The molecule has 0 radical (unpaired) electrons. The number of aromatic hydroxyl groups is 3. The van der Waals surface area contributed by atoms with Crippen molar-refractivity contribution in [3.63, 3.8) is 0 Å². The molecule has 16 N–H and O–H groups in total. The third-order valence-corrected chi connectivity index (χ3v) is 23.8. The highest BCUT2D eigenvalue weighted by atomic mass is 35.5. The van der Waals surface area contributed by atoms with E-state index in [4.69, 9.17) is 34.8 Å². The van der Waals surface area contributed by atoms with Crippen LogP contribution in [0.4, 0.5) is 61.8 Å². The number of carbonyl (C=O) groups is 8. The highest BCUT2D eigenvalue weighted by Gasteiger charge is 2.35. The molecule has 1 aromatic carbocycles. The fraction of sp³-hybridized carbons (Fsp3) is 0.254. The minimum atomic E-state index is -4.59. The van der Waals surface area contributed by atoms with Gasteiger partial charge in [0.1, 0.15) is 53.0 Å². The molecule has 7 aromatic heterocycles. The molecule has 0 bridgehead atoms. The summed E-state index contributed by atoms with van der Waals surface area (Å²) in [5.41, 5.74) is 3.19. The zero-order valence-electron chi connectivity index (χ0n) is 58.3.